The zero-order chi connectivity index (χ0) is 11.3. The summed E-state index contributed by atoms with van der Waals surface area (Å²) in [6.07, 6.45) is 2.21. The summed E-state index contributed by atoms with van der Waals surface area (Å²) in [5.74, 6) is 0.415. The van der Waals surface area contributed by atoms with E-state index in [1.807, 2.05) is 18.7 Å². The van der Waals surface area contributed by atoms with Crippen LogP contribution in [-0.2, 0) is 4.79 Å². The molecule has 1 fully saturated rings. The molecule has 0 unspecified atom stereocenters. The second-order valence-electron chi connectivity index (χ2n) is 4.09. The number of rotatable bonds is 3. The zero-order valence-corrected chi connectivity index (χ0v) is 9.49. The lowest BCUT2D eigenvalue weighted by Crippen LogP contribution is -2.38. The summed E-state index contributed by atoms with van der Waals surface area (Å²) in [6.45, 7) is 5.85. The summed E-state index contributed by atoms with van der Waals surface area (Å²) in [6, 6.07) is 0.246. The van der Waals surface area contributed by atoms with Gasteiger partial charge in [-0.15, -0.1) is 0 Å². The lowest BCUT2D eigenvalue weighted by molar-refractivity contribution is -0.128. The van der Waals surface area contributed by atoms with E-state index in [9.17, 15) is 4.79 Å². The van der Waals surface area contributed by atoms with Gasteiger partial charge in [-0.3, -0.25) is 4.79 Å². The van der Waals surface area contributed by atoms with Gasteiger partial charge in [0, 0.05) is 19.1 Å². The lowest BCUT2D eigenvalue weighted by atomic mass is 10.4. The van der Waals surface area contributed by atoms with E-state index < -0.39 is 0 Å². The molecule has 0 aromatic heterocycles. The summed E-state index contributed by atoms with van der Waals surface area (Å²) in [5, 5.41) is 2.95. The molecule has 0 bridgehead atoms. The van der Waals surface area contributed by atoms with Crippen LogP contribution in [0.25, 0.3) is 0 Å². The van der Waals surface area contributed by atoms with Crippen molar-refractivity contribution >= 4 is 11.9 Å². The average molecular weight is 212 g/mol. The summed E-state index contributed by atoms with van der Waals surface area (Å²) in [5.41, 5.74) is 5.59. The van der Waals surface area contributed by atoms with Crippen molar-refractivity contribution in [2.75, 3.05) is 19.6 Å². The van der Waals surface area contributed by atoms with E-state index in [2.05, 4.69) is 10.3 Å². The zero-order valence-electron chi connectivity index (χ0n) is 9.49. The van der Waals surface area contributed by atoms with Crippen molar-refractivity contribution < 1.29 is 4.79 Å². The number of hydrogen-bond acceptors (Lipinski definition) is 2. The van der Waals surface area contributed by atoms with Crippen molar-refractivity contribution in [2.45, 2.75) is 32.7 Å². The van der Waals surface area contributed by atoms with Crippen LogP contribution in [0.15, 0.2) is 4.99 Å². The number of carbonyl (C=O) groups excluding carboxylic acids is 1. The smallest absolute Gasteiger partial charge is 0.244 e. The Kier molecular flexibility index (Phi) is 4.39. The minimum atomic E-state index is 0.0704. The first-order valence-corrected chi connectivity index (χ1v) is 5.44. The SMILES string of the molecule is CC(C)NC(N)=NCC(=O)N1CCCC1. The minimum absolute atomic E-state index is 0.0704. The maximum Gasteiger partial charge on any atom is 0.244 e. The highest BCUT2D eigenvalue weighted by atomic mass is 16.2. The fraction of sp³-hybridized carbons (Fsp3) is 0.800. The highest BCUT2D eigenvalue weighted by Crippen LogP contribution is 2.06. The first-order chi connectivity index (χ1) is 7.09. The number of likely N-dealkylation sites (tertiary alicyclic amines) is 1. The van der Waals surface area contributed by atoms with E-state index >= 15 is 0 Å². The molecule has 5 heteroatoms. The van der Waals surface area contributed by atoms with Gasteiger partial charge in [-0.2, -0.15) is 0 Å². The van der Waals surface area contributed by atoms with E-state index in [1.165, 1.54) is 0 Å². The van der Waals surface area contributed by atoms with Crippen LogP contribution in [0.3, 0.4) is 0 Å². The summed E-state index contributed by atoms with van der Waals surface area (Å²) >= 11 is 0. The van der Waals surface area contributed by atoms with Crippen LogP contribution >= 0.6 is 0 Å². The molecule has 1 aliphatic heterocycles. The maximum absolute atomic E-state index is 11.6. The van der Waals surface area contributed by atoms with Gasteiger partial charge in [-0.05, 0) is 26.7 Å². The van der Waals surface area contributed by atoms with Crippen molar-refractivity contribution in [3.05, 3.63) is 0 Å². The van der Waals surface area contributed by atoms with Crippen molar-refractivity contribution in [1.29, 1.82) is 0 Å². The molecule has 1 aliphatic rings. The van der Waals surface area contributed by atoms with Crippen LogP contribution < -0.4 is 11.1 Å². The first kappa shape index (κ1) is 11.8. The predicted octanol–water partition coefficient (Wildman–Crippen LogP) is -0.0785. The quantitative estimate of drug-likeness (QED) is 0.508. The van der Waals surface area contributed by atoms with Crippen molar-refractivity contribution in [3.63, 3.8) is 0 Å². The van der Waals surface area contributed by atoms with Gasteiger partial charge in [0.05, 0.1) is 0 Å². The standard InChI is InChI=1S/C10H20N4O/c1-8(2)13-10(11)12-7-9(15)14-5-3-4-6-14/h8H,3-7H2,1-2H3,(H3,11,12,13). The largest absolute Gasteiger partial charge is 0.370 e. The van der Waals surface area contributed by atoms with Crippen LogP contribution in [-0.4, -0.2) is 42.4 Å². The van der Waals surface area contributed by atoms with E-state index in [1.54, 1.807) is 0 Å². The Bertz CT molecular complexity index is 244. The molecule has 0 aromatic rings. The average Bonchev–Trinajstić information content (AvgIpc) is 2.65. The minimum Gasteiger partial charge on any atom is -0.370 e. The maximum atomic E-state index is 11.6. The molecule has 0 spiro atoms. The third kappa shape index (κ3) is 4.18. The monoisotopic (exact) mass is 212 g/mol. The number of guanidine groups is 1. The summed E-state index contributed by atoms with van der Waals surface area (Å²) in [4.78, 5) is 17.4. The van der Waals surface area contributed by atoms with Gasteiger partial charge in [-0.25, -0.2) is 4.99 Å². The Morgan fingerprint density at radius 1 is 1.47 bits per heavy atom. The molecule has 3 N–H and O–H groups in total. The molecular formula is C10H20N4O. The normalized spacial score (nSPS) is 17.3. The third-order valence-electron chi connectivity index (χ3n) is 2.28. The lowest BCUT2D eigenvalue weighted by Gasteiger charge is -2.14. The molecule has 1 amide bonds. The number of nitrogens with two attached hydrogens (primary N) is 1. The van der Waals surface area contributed by atoms with Crippen molar-refractivity contribution in [3.8, 4) is 0 Å². The fourth-order valence-electron chi connectivity index (χ4n) is 1.56. The third-order valence-corrected chi connectivity index (χ3v) is 2.28. The molecule has 1 heterocycles. The van der Waals surface area contributed by atoms with Gasteiger partial charge in [0.15, 0.2) is 5.96 Å². The van der Waals surface area contributed by atoms with Crippen LogP contribution in [0.1, 0.15) is 26.7 Å². The first-order valence-electron chi connectivity index (χ1n) is 5.44. The molecule has 1 rings (SSSR count). The highest BCUT2D eigenvalue weighted by molar-refractivity contribution is 5.84. The number of nitrogens with zero attached hydrogens (tertiary/aromatic N) is 2. The highest BCUT2D eigenvalue weighted by Gasteiger charge is 2.16. The Balaban J connectivity index is 2.31. The number of hydrogen-bond donors (Lipinski definition) is 2. The number of aliphatic imine (C=N–C) groups is 1. The Morgan fingerprint density at radius 2 is 2.07 bits per heavy atom. The van der Waals surface area contributed by atoms with Crippen LogP contribution in [0.4, 0.5) is 0 Å². The molecule has 1 saturated heterocycles. The van der Waals surface area contributed by atoms with E-state index in [0.29, 0.717) is 5.96 Å². The predicted molar refractivity (Wildman–Crippen MR) is 60.6 cm³/mol. The second kappa shape index (κ2) is 5.58. The van der Waals surface area contributed by atoms with Crippen molar-refractivity contribution in [2.24, 2.45) is 10.7 Å². The molecular weight excluding hydrogens is 192 g/mol. The van der Waals surface area contributed by atoms with E-state index in [4.69, 9.17) is 5.73 Å². The van der Waals surface area contributed by atoms with Gasteiger partial charge in [-0.1, -0.05) is 0 Å². The van der Waals surface area contributed by atoms with Crippen LogP contribution in [0.5, 0.6) is 0 Å². The molecule has 0 aliphatic carbocycles. The van der Waals surface area contributed by atoms with Gasteiger partial charge in [0.25, 0.3) is 0 Å². The number of nitrogens with one attached hydrogen (secondary N) is 1. The Morgan fingerprint density at radius 3 is 2.60 bits per heavy atom. The van der Waals surface area contributed by atoms with Crippen LogP contribution in [0, 0.1) is 0 Å². The molecule has 0 aromatic carbocycles. The van der Waals surface area contributed by atoms with E-state index in [0.717, 1.165) is 25.9 Å². The molecule has 15 heavy (non-hydrogen) atoms. The van der Waals surface area contributed by atoms with Gasteiger partial charge < -0.3 is 16.0 Å². The van der Waals surface area contributed by atoms with Gasteiger partial charge >= 0.3 is 0 Å². The number of carbonyl (C=O) groups is 1. The summed E-state index contributed by atoms with van der Waals surface area (Å²) < 4.78 is 0. The van der Waals surface area contributed by atoms with E-state index in [-0.39, 0.29) is 18.5 Å². The molecule has 0 saturated carbocycles. The Labute approximate surface area is 90.7 Å². The second-order valence-corrected chi connectivity index (χ2v) is 4.09. The topological polar surface area (TPSA) is 70.7 Å². The molecule has 0 radical (unpaired) electrons. The number of amides is 1. The van der Waals surface area contributed by atoms with Gasteiger partial charge in [0.1, 0.15) is 6.54 Å². The van der Waals surface area contributed by atoms with Crippen LogP contribution in [0.2, 0.25) is 0 Å². The summed E-state index contributed by atoms with van der Waals surface area (Å²) in [7, 11) is 0. The van der Waals surface area contributed by atoms with Gasteiger partial charge in [0.2, 0.25) is 5.91 Å². The molecule has 86 valence electrons. The Hall–Kier alpha value is -1.26. The molecule has 5 nitrogen and oxygen atoms in total. The molecule has 0 atom stereocenters. The fourth-order valence-corrected chi connectivity index (χ4v) is 1.56. The van der Waals surface area contributed by atoms with Crippen molar-refractivity contribution in [1.82, 2.24) is 10.2 Å².